The summed E-state index contributed by atoms with van der Waals surface area (Å²) in [7, 11) is 1.44. The largest absolute Gasteiger partial charge is 0.494 e. The SMILES string of the molecule is COc1c(-c2ccc(C#Cc3ccc(NCCO)nc3)cc2)nc2ccncc2c1C(=O)NO. The average Bonchev–Trinajstić information content (AvgIpc) is 2.90. The number of anilines is 1. The van der Waals surface area contributed by atoms with Crippen LogP contribution in [0.15, 0.2) is 61.1 Å². The first kappa shape index (κ1) is 22.7. The number of rotatable bonds is 6. The summed E-state index contributed by atoms with van der Waals surface area (Å²) >= 11 is 0. The maximum atomic E-state index is 12.4. The van der Waals surface area contributed by atoms with Crippen LogP contribution in [-0.2, 0) is 0 Å². The number of amides is 1. The Bertz CT molecular complexity index is 1380. The molecule has 0 bridgehead atoms. The first-order valence-electron chi connectivity index (χ1n) is 10.3. The molecular formula is C25H21N5O4. The number of aliphatic hydroxyl groups excluding tert-OH is 1. The molecule has 34 heavy (non-hydrogen) atoms. The fraction of sp³-hybridized carbons (Fsp3) is 0.120. The first-order chi connectivity index (χ1) is 16.6. The van der Waals surface area contributed by atoms with Crippen molar-refractivity contribution < 1.29 is 19.8 Å². The number of aromatic nitrogens is 3. The number of benzene rings is 1. The number of hydroxylamine groups is 1. The van der Waals surface area contributed by atoms with Crippen molar-refractivity contribution in [2.45, 2.75) is 0 Å². The van der Waals surface area contributed by atoms with Crippen LogP contribution >= 0.6 is 0 Å². The number of carbonyl (C=O) groups is 1. The summed E-state index contributed by atoms with van der Waals surface area (Å²) in [5, 5.41) is 21.5. The van der Waals surface area contributed by atoms with Crippen molar-refractivity contribution in [2.24, 2.45) is 0 Å². The van der Waals surface area contributed by atoms with Crippen molar-refractivity contribution in [1.82, 2.24) is 20.4 Å². The van der Waals surface area contributed by atoms with Gasteiger partial charge in [-0.05, 0) is 30.3 Å². The number of fused-ring (bicyclic) bond motifs is 1. The van der Waals surface area contributed by atoms with E-state index < -0.39 is 5.91 Å². The third-order valence-corrected chi connectivity index (χ3v) is 4.97. The molecule has 9 nitrogen and oxygen atoms in total. The number of nitrogens with one attached hydrogen (secondary N) is 2. The Morgan fingerprint density at radius 1 is 1.06 bits per heavy atom. The lowest BCUT2D eigenvalue weighted by Gasteiger charge is -2.14. The predicted octanol–water partition coefficient (Wildman–Crippen LogP) is 2.62. The molecular weight excluding hydrogens is 434 g/mol. The van der Waals surface area contributed by atoms with Gasteiger partial charge in [-0.15, -0.1) is 0 Å². The second-order valence-corrected chi connectivity index (χ2v) is 7.11. The van der Waals surface area contributed by atoms with E-state index in [4.69, 9.17) is 9.84 Å². The number of hydrogen-bond acceptors (Lipinski definition) is 8. The lowest BCUT2D eigenvalue weighted by atomic mass is 10.0. The number of nitrogens with zero attached hydrogens (tertiary/aromatic N) is 3. The van der Waals surface area contributed by atoms with E-state index in [2.05, 4.69) is 32.1 Å². The zero-order chi connectivity index (χ0) is 23.9. The fourth-order valence-electron chi connectivity index (χ4n) is 3.38. The maximum Gasteiger partial charge on any atom is 0.279 e. The third kappa shape index (κ3) is 4.78. The summed E-state index contributed by atoms with van der Waals surface area (Å²) in [5.74, 6) is 6.34. The number of aliphatic hydroxyl groups is 1. The van der Waals surface area contributed by atoms with Crippen LogP contribution in [0.5, 0.6) is 5.75 Å². The maximum absolute atomic E-state index is 12.4. The molecule has 4 rings (SSSR count). The minimum Gasteiger partial charge on any atom is -0.494 e. The third-order valence-electron chi connectivity index (χ3n) is 4.97. The van der Waals surface area contributed by atoms with Gasteiger partial charge in [0, 0.05) is 47.2 Å². The van der Waals surface area contributed by atoms with E-state index in [-0.39, 0.29) is 17.9 Å². The van der Waals surface area contributed by atoms with Gasteiger partial charge in [0.2, 0.25) is 0 Å². The van der Waals surface area contributed by atoms with Gasteiger partial charge in [0.25, 0.3) is 5.91 Å². The van der Waals surface area contributed by atoms with Crippen molar-refractivity contribution in [1.29, 1.82) is 0 Å². The van der Waals surface area contributed by atoms with Crippen molar-refractivity contribution in [3.05, 3.63) is 77.7 Å². The Balaban J connectivity index is 1.65. The minimum atomic E-state index is -0.716. The van der Waals surface area contributed by atoms with E-state index in [1.165, 1.54) is 13.3 Å². The second kappa shape index (κ2) is 10.4. The van der Waals surface area contributed by atoms with Crippen LogP contribution in [0.2, 0.25) is 0 Å². The van der Waals surface area contributed by atoms with Crippen LogP contribution in [0.25, 0.3) is 22.2 Å². The fourth-order valence-corrected chi connectivity index (χ4v) is 3.38. The van der Waals surface area contributed by atoms with Crippen molar-refractivity contribution in [2.75, 3.05) is 25.6 Å². The van der Waals surface area contributed by atoms with Crippen molar-refractivity contribution >= 4 is 22.6 Å². The standard InChI is InChI=1S/C25H21N5O4/c1-34-24-22(25(32)30-33)19-15-26-11-10-20(19)29-23(24)18-7-4-16(5-8-18)2-3-17-6-9-21(28-14-17)27-12-13-31/h4-11,14-15,31,33H,12-13H2,1H3,(H,27,28)(H,30,32). The van der Waals surface area contributed by atoms with E-state index in [0.29, 0.717) is 34.5 Å². The van der Waals surface area contributed by atoms with Crippen LogP contribution in [0.3, 0.4) is 0 Å². The molecule has 0 fully saturated rings. The molecule has 0 unspecified atom stereocenters. The topological polar surface area (TPSA) is 129 Å². The highest BCUT2D eigenvalue weighted by Gasteiger charge is 2.22. The highest BCUT2D eigenvalue weighted by atomic mass is 16.5. The average molecular weight is 455 g/mol. The Kier molecular flexibility index (Phi) is 6.93. The van der Waals surface area contributed by atoms with Gasteiger partial charge in [-0.2, -0.15) is 0 Å². The van der Waals surface area contributed by atoms with Gasteiger partial charge in [0.15, 0.2) is 5.75 Å². The minimum absolute atomic E-state index is 0.0347. The highest BCUT2D eigenvalue weighted by molar-refractivity contribution is 6.09. The molecule has 0 saturated carbocycles. The molecule has 0 saturated heterocycles. The highest BCUT2D eigenvalue weighted by Crippen LogP contribution is 2.36. The molecule has 4 aromatic rings. The monoisotopic (exact) mass is 455 g/mol. The van der Waals surface area contributed by atoms with E-state index in [9.17, 15) is 10.0 Å². The molecule has 0 spiro atoms. The van der Waals surface area contributed by atoms with Crippen LogP contribution in [0, 0.1) is 11.8 Å². The summed E-state index contributed by atoms with van der Waals surface area (Å²) < 4.78 is 5.52. The van der Waals surface area contributed by atoms with Gasteiger partial charge in [0.05, 0.1) is 24.8 Å². The quantitative estimate of drug-likeness (QED) is 0.198. The van der Waals surface area contributed by atoms with Gasteiger partial charge in [-0.3, -0.25) is 15.0 Å². The van der Waals surface area contributed by atoms with Crippen LogP contribution in [-0.4, -0.2) is 51.4 Å². The van der Waals surface area contributed by atoms with Crippen LogP contribution < -0.4 is 15.5 Å². The summed E-state index contributed by atoms with van der Waals surface area (Å²) in [6.07, 6.45) is 4.74. The number of carbonyl (C=O) groups excluding carboxylic acids is 1. The zero-order valence-electron chi connectivity index (χ0n) is 18.2. The van der Waals surface area contributed by atoms with Gasteiger partial charge in [-0.25, -0.2) is 15.4 Å². The Morgan fingerprint density at radius 3 is 2.50 bits per heavy atom. The smallest absolute Gasteiger partial charge is 0.279 e. The van der Waals surface area contributed by atoms with Gasteiger partial charge in [-0.1, -0.05) is 24.0 Å². The Hall–Kier alpha value is -4.52. The summed E-state index contributed by atoms with van der Waals surface area (Å²) in [4.78, 5) is 25.4. The number of ether oxygens (including phenoxy) is 1. The second-order valence-electron chi connectivity index (χ2n) is 7.11. The zero-order valence-corrected chi connectivity index (χ0v) is 18.2. The molecule has 4 N–H and O–H groups in total. The molecule has 0 aliphatic carbocycles. The molecule has 3 aromatic heterocycles. The summed E-state index contributed by atoms with van der Waals surface area (Å²) in [6, 6.07) is 12.7. The van der Waals surface area contributed by atoms with Crippen molar-refractivity contribution in [3.63, 3.8) is 0 Å². The molecule has 1 amide bonds. The number of hydrogen-bond donors (Lipinski definition) is 4. The molecule has 0 aliphatic rings. The van der Waals surface area contributed by atoms with Crippen molar-refractivity contribution in [3.8, 4) is 28.8 Å². The van der Waals surface area contributed by atoms with E-state index in [1.807, 2.05) is 30.3 Å². The Labute approximate surface area is 195 Å². The Morgan fingerprint density at radius 2 is 1.82 bits per heavy atom. The van der Waals surface area contributed by atoms with Gasteiger partial charge < -0.3 is 15.2 Å². The molecule has 9 heteroatoms. The van der Waals surface area contributed by atoms with E-state index in [1.54, 1.807) is 30.0 Å². The molecule has 1 aromatic carbocycles. The van der Waals surface area contributed by atoms with E-state index >= 15 is 0 Å². The summed E-state index contributed by atoms with van der Waals surface area (Å²) in [5.41, 5.74) is 5.06. The molecule has 0 atom stereocenters. The van der Waals surface area contributed by atoms with Crippen LogP contribution in [0.1, 0.15) is 21.5 Å². The number of pyridine rings is 3. The normalized spacial score (nSPS) is 10.3. The molecule has 0 aliphatic heterocycles. The lowest BCUT2D eigenvalue weighted by Crippen LogP contribution is -2.20. The number of methoxy groups -OCH3 is 1. The first-order valence-corrected chi connectivity index (χ1v) is 10.3. The summed E-state index contributed by atoms with van der Waals surface area (Å²) in [6.45, 7) is 0.470. The lowest BCUT2D eigenvalue weighted by molar-refractivity contribution is 0.0705. The molecule has 3 heterocycles. The predicted molar refractivity (Wildman–Crippen MR) is 127 cm³/mol. The molecule has 0 radical (unpaired) electrons. The van der Waals surface area contributed by atoms with Crippen LogP contribution in [0.4, 0.5) is 5.82 Å². The van der Waals surface area contributed by atoms with Gasteiger partial charge >= 0.3 is 0 Å². The van der Waals surface area contributed by atoms with Gasteiger partial charge in [0.1, 0.15) is 11.5 Å². The molecule has 170 valence electrons. The van der Waals surface area contributed by atoms with E-state index in [0.717, 1.165) is 11.1 Å².